The molecule has 1 aromatic heterocycles. The minimum absolute atomic E-state index is 0.108. The summed E-state index contributed by atoms with van der Waals surface area (Å²) in [6.45, 7) is 15.0. The van der Waals surface area contributed by atoms with Gasteiger partial charge in [-0.1, -0.05) is 35.9 Å². The SMILES string of the molecule is Cc1c(COc2cc(OCc3ccc(C#N)cn3)c(CN[C@@H](CCCCNC(=O)OC(C)(C)C)C(=O)OC(C)(C)C)cc2Cl)cccc1-c1ccc2c(c1)OCCO2. The van der Waals surface area contributed by atoms with E-state index in [0.717, 1.165) is 33.8 Å². The third kappa shape index (κ3) is 13.0. The van der Waals surface area contributed by atoms with E-state index in [-0.39, 0.29) is 19.8 Å². The fourth-order valence-corrected chi connectivity index (χ4v) is 6.33. The highest BCUT2D eigenvalue weighted by atomic mass is 35.5. The lowest BCUT2D eigenvalue weighted by Gasteiger charge is -2.25. The van der Waals surface area contributed by atoms with Crippen LogP contribution in [-0.2, 0) is 34.0 Å². The Morgan fingerprint density at radius 3 is 2.33 bits per heavy atom. The van der Waals surface area contributed by atoms with E-state index in [1.54, 1.807) is 24.3 Å². The predicted molar refractivity (Wildman–Crippen MR) is 221 cm³/mol. The first-order valence-corrected chi connectivity index (χ1v) is 19.8. The molecule has 2 N–H and O–H groups in total. The lowest BCUT2D eigenvalue weighted by Crippen LogP contribution is -2.41. The van der Waals surface area contributed by atoms with E-state index in [0.29, 0.717) is 72.4 Å². The maximum Gasteiger partial charge on any atom is 0.407 e. The van der Waals surface area contributed by atoms with Crippen LogP contribution < -0.4 is 29.6 Å². The van der Waals surface area contributed by atoms with Crippen molar-refractivity contribution in [2.45, 2.75) is 105 Å². The zero-order valence-corrected chi connectivity index (χ0v) is 35.1. The summed E-state index contributed by atoms with van der Waals surface area (Å²) in [4.78, 5) is 29.9. The van der Waals surface area contributed by atoms with Gasteiger partial charge in [0.1, 0.15) is 61.2 Å². The molecule has 308 valence electrons. The molecule has 0 fully saturated rings. The third-order valence-corrected chi connectivity index (χ3v) is 9.24. The zero-order valence-electron chi connectivity index (χ0n) is 34.3. The number of unbranched alkanes of at least 4 members (excludes halogenated alkanes) is 1. The number of alkyl carbamates (subject to hydrolysis) is 1. The Hall–Kier alpha value is -5.51. The van der Waals surface area contributed by atoms with E-state index in [1.165, 1.54) is 6.20 Å². The maximum absolute atomic E-state index is 13.4. The van der Waals surface area contributed by atoms with Gasteiger partial charge in [-0.3, -0.25) is 9.78 Å². The lowest BCUT2D eigenvalue weighted by molar-refractivity contribution is -0.157. The van der Waals surface area contributed by atoms with Crippen LogP contribution >= 0.6 is 11.6 Å². The molecule has 0 bridgehead atoms. The number of rotatable bonds is 16. The Kier molecular flexibility index (Phi) is 14.9. The van der Waals surface area contributed by atoms with E-state index in [2.05, 4.69) is 34.7 Å². The number of esters is 1. The number of fused-ring (bicyclic) bond motifs is 1. The van der Waals surface area contributed by atoms with Gasteiger partial charge in [0, 0.05) is 30.9 Å². The highest BCUT2D eigenvalue weighted by molar-refractivity contribution is 6.32. The number of ether oxygens (including phenoxy) is 6. The number of aromatic nitrogens is 1. The van der Waals surface area contributed by atoms with E-state index < -0.39 is 29.3 Å². The van der Waals surface area contributed by atoms with Crippen LogP contribution in [0.4, 0.5) is 4.79 Å². The molecule has 0 radical (unpaired) electrons. The minimum atomic E-state index is -0.693. The minimum Gasteiger partial charge on any atom is -0.487 e. The molecule has 13 heteroatoms. The molecule has 1 aliphatic rings. The summed E-state index contributed by atoms with van der Waals surface area (Å²) in [5.74, 6) is 1.96. The van der Waals surface area contributed by atoms with Gasteiger partial charge in [0.2, 0.25) is 0 Å². The standard InChI is InChI=1S/C45H53ClN4O8/c1-29-32(11-10-12-35(29)31-15-17-38-41(22-31)54-20-19-53-38)27-55-40-23-39(56-28-34-16-14-30(24-47)25-49-34)33(21-36(40)46)26-50-37(42(51)57-44(2,3)4)13-8-9-18-48-43(52)58-45(5,6)7/h10-12,14-17,21-23,25,37,50H,8-9,13,18-20,26-28H2,1-7H3,(H,48,52)/t37-/m0/s1. The molecule has 0 unspecified atom stereocenters. The first kappa shape index (κ1) is 43.6. The zero-order chi connectivity index (χ0) is 41.9. The summed E-state index contributed by atoms with van der Waals surface area (Å²) < 4.78 is 35.3. The van der Waals surface area contributed by atoms with Crippen molar-refractivity contribution in [1.82, 2.24) is 15.6 Å². The summed E-state index contributed by atoms with van der Waals surface area (Å²) in [6, 6.07) is 20.4. The fraction of sp³-hybridized carbons (Fsp3) is 0.422. The highest BCUT2D eigenvalue weighted by Gasteiger charge is 2.26. The van der Waals surface area contributed by atoms with Crippen LogP contribution in [0.5, 0.6) is 23.0 Å². The normalized spacial score (nSPS) is 12.9. The lowest BCUT2D eigenvalue weighted by atomic mass is 9.96. The van der Waals surface area contributed by atoms with Crippen LogP contribution in [0.15, 0.2) is 66.9 Å². The molecular formula is C45H53ClN4O8. The third-order valence-electron chi connectivity index (χ3n) is 8.94. The average Bonchev–Trinajstić information content (AvgIpc) is 3.17. The van der Waals surface area contributed by atoms with Gasteiger partial charge in [-0.05, 0) is 120 Å². The van der Waals surface area contributed by atoms with Crippen molar-refractivity contribution >= 4 is 23.7 Å². The Morgan fingerprint density at radius 1 is 0.879 bits per heavy atom. The Balaban J connectivity index is 1.33. The summed E-state index contributed by atoms with van der Waals surface area (Å²) in [5, 5.41) is 15.7. The first-order valence-electron chi connectivity index (χ1n) is 19.4. The summed E-state index contributed by atoms with van der Waals surface area (Å²) in [7, 11) is 0. The van der Waals surface area contributed by atoms with E-state index in [9.17, 15) is 14.9 Å². The number of pyridine rings is 1. The van der Waals surface area contributed by atoms with Crippen molar-refractivity contribution in [2.24, 2.45) is 0 Å². The number of benzene rings is 3. The Morgan fingerprint density at radius 2 is 1.62 bits per heavy atom. The Bertz CT molecular complexity index is 2090. The van der Waals surface area contributed by atoms with Crippen molar-refractivity contribution in [3.05, 3.63) is 99.8 Å². The summed E-state index contributed by atoms with van der Waals surface area (Å²) in [5.41, 5.74) is 4.53. The predicted octanol–water partition coefficient (Wildman–Crippen LogP) is 9.01. The van der Waals surface area contributed by atoms with Gasteiger partial charge in [0.15, 0.2) is 11.5 Å². The van der Waals surface area contributed by atoms with Crippen LogP contribution in [0.1, 0.15) is 88.8 Å². The van der Waals surface area contributed by atoms with Crippen molar-refractivity contribution < 1.29 is 38.0 Å². The fourth-order valence-electron chi connectivity index (χ4n) is 6.09. The molecule has 2 heterocycles. The molecule has 4 aromatic rings. The van der Waals surface area contributed by atoms with Crippen LogP contribution in [0.2, 0.25) is 5.02 Å². The second-order valence-electron chi connectivity index (χ2n) is 16.0. The average molecular weight is 813 g/mol. The molecule has 1 atom stereocenters. The van der Waals surface area contributed by atoms with Crippen LogP contribution in [0.3, 0.4) is 0 Å². The first-order chi connectivity index (χ1) is 27.6. The number of hydrogen-bond donors (Lipinski definition) is 2. The van der Waals surface area contributed by atoms with E-state index >= 15 is 0 Å². The van der Waals surface area contributed by atoms with Crippen molar-refractivity contribution in [2.75, 3.05) is 19.8 Å². The van der Waals surface area contributed by atoms with Crippen LogP contribution in [-0.4, -0.2) is 54.0 Å². The highest BCUT2D eigenvalue weighted by Crippen LogP contribution is 2.37. The summed E-state index contributed by atoms with van der Waals surface area (Å²) in [6.07, 6.45) is 2.72. The maximum atomic E-state index is 13.4. The molecule has 1 aliphatic heterocycles. The largest absolute Gasteiger partial charge is 0.487 e. The van der Waals surface area contributed by atoms with Crippen molar-refractivity contribution in [1.29, 1.82) is 5.26 Å². The number of carbonyl (C=O) groups is 2. The van der Waals surface area contributed by atoms with Crippen LogP contribution in [0.25, 0.3) is 11.1 Å². The number of hydrogen-bond acceptors (Lipinski definition) is 11. The monoisotopic (exact) mass is 812 g/mol. The summed E-state index contributed by atoms with van der Waals surface area (Å²) >= 11 is 6.89. The number of halogens is 1. The molecular weight excluding hydrogens is 760 g/mol. The molecule has 1 amide bonds. The molecule has 0 saturated heterocycles. The van der Waals surface area contributed by atoms with E-state index in [4.69, 9.17) is 40.0 Å². The molecule has 3 aromatic carbocycles. The number of nitrogens with zero attached hydrogens (tertiary/aromatic N) is 2. The van der Waals surface area contributed by atoms with Crippen molar-refractivity contribution in [3.63, 3.8) is 0 Å². The van der Waals surface area contributed by atoms with Crippen LogP contribution in [0, 0.1) is 18.3 Å². The quantitative estimate of drug-likeness (QED) is 0.0824. The topological polar surface area (TPSA) is 150 Å². The number of nitrogens with one attached hydrogen (secondary N) is 2. The molecule has 0 saturated carbocycles. The molecule has 5 rings (SSSR count). The smallest absolute Gasteiger partial charge is 0.407 e. The number of amides is 1. The van der Waals surface area contributed by atoms with Gasteiger partial charge >= 0.3 is 12.1 Å². The number of carbonyl (C=O) groups excluding carboxylic acids is 2. The van der Waals surface area contributed by atoms with E-state index in [1.807, 2.05) is 71.9 Å². The second-order valence-corrected chi connectivity index (χ2v) is 16.4. The molecule has 58 heavy (non-hydrogen) atoms. The van der Waals surface area contributed by atoms with Gasteiger partial charge in [-0.2, -0.15) is 5.26 Å². The van der Waals surface area contributed by atoms with Gasteiger partial charge in [-0.25, -0.2) is 4.79 Å². The van der Waals surface area contributed by atoms with Gasteiger partial charge in [0.05, 0.1) is 16.3 Å². The Labute approximate surface area is 346 Å². The van der Waals surface area contributed by atoms with Crippen molar-refractivity contribution in [3.8, 4) is 40.2 Å². The molecule has 0 aliphatic carbocycles. The number of nitriles is 1. The molecule has 12 nitrogen and oxygen atoms in total. The van der Waals surface area contributed by atoms with Gasteiger partial charge in [0.25, 0.3) is 0 Å². The van der Waals surface area contributed by atoms with Gasteiger partial charge in [-0.15, -0.1) is 0 Å². The second kappa shape index (κ2) is 19.8. The molecule has 0 spiro atoms. The van der Waals surface area contributed by atoms with Gasteiger partial charge < -0.3 is 39.1 Å².